The first kappa shape index (κ1) is 60.9. The van der Waals surface area contributed by atoms with Crippen LogP contribution in [0.4, 0.5) is 0 Å². The van der Waals surface area contributed by atoms with E-state index in [0.717, 1.165) is 144 Å². The molecule has 20 rings (SSSR count). The quantitative estimate of drug-likeness (QED) is 0.119. The fraction of sp³-hybridized carbons (Fsp3) is 0. The highest BCUT2D eigenvalue weighted by molar-refractivity contribution is 6.20. The number of para-hydroxylation sites is 2. The molecule has 0 saturated carbocycles. The van der Waals surface area contributed by atoms with E-state index in [9.17, 15) is 0 Å². The fourth-order valence-corrected chi connectivity index (χ4v) is 14.3. The molecule has 488 valence electrons. The molecular weight excluding hydrogens is 1270 g/mol. The smallest absolute Gasteiger partial charge is 0.227 e. The molecule has 0 aliphatic rings. The van der Waals surface area contributed by atoms with Crippen LogP contribution in [-0.4, -0.2) is 39.0 Å². The summed E-state index contributed by atoms with van der Waals surface area (Å²) >= 11 is 0. The fourth-order valence-electron chi connectivity index (χ4n) is 14.3. The Hall–Kier alpha value is -14.2. The van der Waals surface area contributed by atoms with Crippen LogP contribution in [0.2, 0.25) is 0 Å². The molecule has 0 unspecified atom stereocenters. The molecule has 0 amide bonds. The van der Waals surface area contributed by atoms with Crippen LogP contribution < -0.4 is 0 Å². The van der Waals surface area contributed by atoms with E-state index in [1.807, 2.05) is 109 Å². The maximum Gasteiger partial charge on any atom is 0.227 e. The van der Waals surface area contributed by atoms with Crippen molar-refractivity contribution in [2.24, 2.45) is 0 Å². The largest absolute Gasteiger partial charge is 0.435 e. The number of fused-ring (bicyclic) bond motifs is 10. The Morgan fingerprint density at radius 2 is 0.510 bits per heavy atom. The first-order valence-electron chi connectivity index (χ1n) is 34.7. The Morgan fingerprint density at radius 3 is 0.942 bits per heavy atom. The van der Waals surface area contributed by atoms with Crippen molar-refractivity contribution in [3.05, 3.63) is 364 Å². The Balaban J connectivity index is 0.000000143. The van der Waals surface area contributed by atoms with Gasteiger partial charge in [0.05, 0.1) is 55.6 Å². The highest BCUT2D eigenvalue weighted by Crippen LogP contribution is 2.42. The van der Waals surface area contributed by atoms with Gasteiger partial charge in [-0.15, -0.1) is 0 Å². The molecule has 0 fully saturated rings. The Labute approximate surface area is 598 Å². The molecule has 0 N–H and O–H groups in total. The standard InChI is InChI=1S/2C47H30N4O/c1-4-13-31(14-5-1)32-23-25-33(26-24-32)40-30-41(49-46(48-40)34-15-6-2-7-16-34)36-19-12-20-37(29-36)51-42-22-11-10-21-38(42)44-43(51)28-27-39-45(44)52-47(50-39)35-17-8-3-9-18-35;1-4-13-31(14-5-1)32-23-25-34(26-24-32)41-30-40(33-15-6-2-7-16-33)48-46(49-41)36-19-12-20-37(29-36)51-42-22-11-10-21-38(42)44-43(51)28-27-39-45(44)52-47(50-39)35-17-8-3-9-18-35/h2*1-30H. The van der Waals surface area contributed by atoms with E-state index in [1.165, 1.54) is 22.3 Å². The Bertz CT molecular complexity index is 6150. The molecule has 14 aromatic carbocycles. The molecule has 104 heavy (non-hydrogen) atoms. The summed E-state index contributed by atoms with van der Waals surface area (Å²) in [5.74, 6) is 2.58. The van der Waals surface area contributed by atoms with Crippen molar-refractivity contribution in [3.63, 3.8) is 0 Å². The summed E-state index contributed by atoms with van der Waals surface area (Å²) in [6, 6.07) is 125. The van der Waals surface area contributed by atoms with Crippen LogP contribution >= 0.6 is 0 Å². The minimum atomic E-state index is 0.614. The number of aromatic nitrogens is 8. The van der Waals surface area contributed by atoms with Crippen molar-refractivity contribution in [2.75, 3.05) is 0 Å². The maximum absolute atomic E-state index is 6.52. The number of benzene rings is 14. The van der Waals surface area contributed by atoms with Crippen molar-refractivity contribution in [3.8, 4) is 124 Å². The molecule has 0 saturated heterocycles. The SMILES string of the molecule is c1ccc(-c2ccc(-c3cc(-c4cccc(-n5c6ccccc6c6c7oc(-c8ccccc8)nc7ccc65)c4)nc(-c4ccccc4)n3)cc2)cc1.c1ccc(-c2ccc(-c3cc(-c4ccccc4)nc(-c4cccc(-n5c6ccccc6c6c7oc(-c8ccccc8)nc7ccc65)c4)n3)cc2)cc1. The number of rotatable bonds is 12. The van der Waals surface area contributed by atoms with Crippen molar-refractivity contribution >= 4 is 65.8 Å². The van der Waals surface area contributed by atoms with E-state index in [-0.39, 0.29) is 0 Å². The van der Waals surface area contributed by atoms with Crippen molar-refractivity contribution in [2.45, 2.75) is 0 Å². The molecule has 0 bridgehead atoms. The van der Waals surface area contributed by atoms with Gasteiger partial charge in [-0.1, -0.05) is 267 Å². The summed E-state index contributed by atoms with van der Waals surface area (Å²) in [6.45, 7) is 0. The lowest BCUT2D eigenvalue weighted by Gasteiger charge is -2.12. The maximum atomic E-state index is 6.52. The molecule has 6 heterocycles. The monoisotopic (exact) mass is 1330 g/mol. The molecule has 0 aliphatic carbocycles. The lowest BCUT2D eigenvalue weighted by atomic mass is 10.0. The van der Waals surface area contributed by atoms with Gasteiger partial charge in [-0.25, -0.2) is 29.9 Å². The van der Waals surface area contributed by atoms with Gasteiger partial charge in [-0.05, 0) is 119 Å². The van der Waals surface area contributed by atoms with E-state index in [2.05, 4.69) is 264 Å². The van der Waals surface area contributed by atoms with Crippen LogP contribution in [0, 0.1) is 0 Å². The van der Waals surface area contributed by atoms with E-state index in [4.69, 9.17) is 38.7 Å². The van der Waals surface area contributed by atoms with Crippen LogP contribution in [0.15, 0.2) is 373 Å². The number of hydrogen-bond acceptors (Lipinski definition) is 8. The van der Waals surface area contributed by atoms with Gasteiger partial charge in [0.1, 0.15) is 11.0 Å². The molecule has 0 atom stereocenters. The molecule has 0 spiro atoms. The van der Waals surface area contributed by atoms with Crippen LogP contribution in [0.1, 0.15) is 0 Å². The van der Waals surface area contributed by atoms with Crippen LogP contribution in [0.25, 0.3) is 190 Å². The second-order valence-electron chi connectivity index (χ2n) is 25.7. The van der Waals surface area contributed by atoms with Gasteiger partial charge in [-0.2, -0.15) is 0 Å². The van der Waals surface area contributed by atoms with Gasteiger partial charge >= 0.3 is 0 Å². The highest BCUT2D eigenvalue weighted by atomic mass is 16.4. The first-order valence-corrected chi connectivity index (χ1v) is 34.7. The number of hydrogen-bond donors (Lipinski definition) is 0. The third-order valence-electron chi connectivity index (χ3n) is 19.3. The highest BCUT2D eigenvalue weighted by Gasteiger charge is 2.23. The number of oxazole rings is 2. The van der Waals surface area contributed by atoms with Gasteiger partial charge in [-0.3, -0.25) is 0 Å². The summed E-state index contributed by atoms with van der Waals surface area (Å²) in [5.41, 5.74) is 25.6. The first-order chi connectivity index (χ1) is 51.5. The van der Waals surface area contributed by atoms with Gasteiger partial charge in [0, 0.05) is 66.7 Å². The second kappa shape index (κ2) is 26.1. The van der Waals surface area contributed by atoms with Gasteiger partial charge in [0.15, 0.2) is 22.8 Å². The zero-order chi connectivity index (χ0) is 68.9. The average molecular weight is 1330 g/mol. The topological polar surface area (TPSA) is 113 Å². The summed E-state index contributed by atoms with van der Waals surface area (Å²) in [4.78, 5) is 30.3. The van der Waals surface area contributed by atoms with Crippen LogP contribution in [0.3, 0.4) is 0 Å². The summed E-state index contributed by atoms with van der Waals surface area (Å²) < 4.78 is 17.6. The zero-order valence-electron chi connectivity index (χ0n) is 56.0. The third kappa shape index (κ3) is 11.3. The molecular formula is C94H60N8O2. The Morgan fingerprint density at radius 1 is 0.202 bits per heavy atom. The molecule has 6 aromatic heterocycles. The second-order valence-corrected chi connectivity index (χ2v) is 25.7. The van der Waals surface area contributed by atoms with Gasteiger partial charge in [0.2, 0.25) is 11.8 Å². The molecule has 0 aliphatic heterocycles. The molecule has 0 radical (unpaired) electrons. The molecule has 20 aromatic rings. The normalized spacial score (nSPS) is 11.5. The van der Waals surface area contributed by atoms with E-state index < -0.39 is 0 Å². The minimum absolute atomic E-state index is 0.614. The Kier molecular flexibility index (Phi) is 15.3. The van der Waals surface area contributed by atoms with Crippen molar-refractivity contribution in [1.82, 2.24) is 39.0 Å². The molecule has 10 nitrogen and oxygen atoms in total. The molecule has 10 heteroatoms. The van der Waals surface area contributed by atoms with Crippen molar-refractivity contribution < 1.29 is 8.83 Å². The lowest BCUT2D eigenvalue weighted by Crippen LogP contribution is -1.98. The average Bonchev–Trinajstić information content (AvgIpc) is 1.58. The van der Waals surface area contributed by atoms with E-state index in [1.54, 1.807) is 0 Å². The minimum Gasteiger partial charge on any atom is -0.435 e. The lowest BCUT2D eigenvalue weighted by molar-refractivity contribution is 0.622. The van der Waals surface area contributed by atoms with Crippen LogP contribution in [-0.2, 0) is 0 Å². The van der Waals surface area contributed by atoms with E-state index in [0.29, 0.717) is 23.4 Å². The number of nitrogens with zero attached hydrogens (tertiary/aromatic N) is 8. The summed E-state index contributed by atoms with van der Waals surface area (Å²) in [5, 5.41) is 4.30. The van der Waals surface area contributed by atoms with E-state index >= 15 is 0 Å². The summed E-state index contributed by atoms with van der Waals surface area (Å²) in [6.07, 6.45) is 0. The van der Waals surface area contributed by atoms with Crippen molar-refractivity contribution in [1.29, 1.82) is 0 Å². The third-order valence-corrected chi connectivity index (χ3v) is 19.3. The zero-order valence-corrected chi connectivity index (χ0v) is 56.0. The summed E-state index contributed by atoms with van der Waals surface area (Å²) in [7, 11) is 0. The predicted octanol–water partition coefficient (Wildman–Crippen LogP) is 24.1. The van der Waals surface area contributed by atoms with Crippen LogP contribution in [0.5, 0.6) is 0 Å². The predicted molar refractivity (Wildman–Crippen MR) is 422 cm³/mol. The van der Waals surface area contributed by atoms with Gasteiger partial charge in [0.25, 0.3) is 0 Å². The van der Waals surface area contributed by atoms with Gasteiger partial charge < -0.3 is 18.0 Å².